The molecule has 4 nitrogen and oxygen atoms in total. The molecule has 0 atom stereocenters. The van der Waals surface area contributed by atoms with E-state index in [1.54, 1.807) is 0 Å². The molecule has 0 aromatic heterocycles. The molecular weight excluding hydrogens is 308 g/mol. The first-order valence-electron chi connectivity index (χ1n) is 6.49. The van der Waals surface area contributed by atoms with Crippen LogP contribution in [0.15, 0.2) is 28.7 Å². The maximum Gasteiger partial charge on any atom is 0.250 e. The normalized spacial score (nSPS) is 17.4. The largest absolute Gasteiger partial charge is 0.370 e. The van der Waals surface area contributed by atoms with Gasteiger partial charge in [0.25, 0.3) is 0 Å². The zero-order chi connectivity index (χ0) is 13.7. The van der Waals surface area contributed by atoms with Crippen molar-refractivity contribution in [2.45, 2.75) is 31.2 Å². The molecule has 1 aromatic carbocycles. The quantitative estimate of drug-likeness (QED) is 0.874. The third kappa shape index (κ3) is 4.60. The second kappa shape index (κ2) is 6.50. The maximum absolute atomic E-state index is 11.7. The van der Waals surface area contributed by atoms with Gasteiger partial charge in [-0.2, -0.15) is 0 Å². The molecule has 0 bridgehead atoms. The van der Waals surface area contributed by atoms with Gasteiger partial charge in [-0.25, -0.2) is 0 Å². The molecule has 104 valence electrons. The monoisotopic (exact) mass is 326 g/mol. The zero-order valence-electron chi connectivity index (χ0n) is 10.8. The van der Waals surface area contributed by atoms with E-state index >= 15 is 0 Å². The summed E-state index contributed by atoms with van der Waals surface area (Å²) in [5.74, 6) is -0.149. The third-order valence-corrected chi connectivity index (χ3v) is 3.88. The second-order valence-electron chi connectivity index (χ2n) is 5.12. The molecule has 0 unspecified atom stereocenters. The number of benzene rings is 1. The van der Waals surface area contributed by atoms with Crippen molar-refractivity contribution in [2.24, 2.45) is 5.73 Å². The van der Waals surface area contributed by atoms with Crippen LogP contribution in [-0.4, -0.2) is 24.7 Å². The number of anilines is 1. The van der Waals surface area contributed by atoms with Crippen LogP contribution in [0.1, 0.15) is 25.7 Å². The van der Waals surface area contributed by atoms with Crippen LogP contribution in [-0.2, 0) is 9.53 Å². The summed E-state index contributed by atoms with van der Waals surface area (Å²) in [5, 5.41) is 2.78. The average Bonchev–Trinajstić information content (AvgIpc) is 2.79. The molecule has 0 heterocycles. The first-order chi connectivity index (χ1) is 9.07. The molecule has 1 fully saturated rings. The van der Waals surface area contributed by atoms with E-state index in [0.717, 1.165) is 35.8 Å². The predicted molar refractivity (Wildman–Crippen MR) is 79.0 cm³/mol. The number of carbonyl (C=O) groups is 1. The van der Waals surface area contributed by atoms with Crippen molar-refractivity contribution in [3.05, 3.63) is 28.7 Å². The Labute approximate surface area is 121 Å². The second-order valence-corrected chi connectivity index (χ2v) is 6.03. The van der Waals surface area contributed by atoms with Crippen molar-refractivity contribution < 1.29 is 9.53 Å². The number of carbonyl (C=O) groups excluding carboxylic acids is 1. The summed E-state index contributed by atoms with van der Waals surface area (Å²) in [6.07, 6.45) is 4.29. The highest BCUT2D eigenvalue weighted by atomic mass is 79.9. The van der Waals surface area contributed by atoms with Crippen LogP contribution in [0.5, 0.6) is 0 Å². The van der Waals surface area contributed by atoms with Crippen molar-refractivity contribution in [1.29, 1.82) is 0 Å². The Morgan fingerprint density at radius 2 is 1.95 bits per heavy atom. The zero-order valence-corrected chi connectivity index (χ0v) is 12.4. The van der Waals surface area contributed by atoms with Gasteiger partial charge in [0.1, 0.15) is 6.61 Å². The lowest BCUT2D eigenvalue weighted by molar-refractivity contribution is -0.121. The van der Waals surface area contributed by atoms with Crippen LogP contribution in [0.4, 0.5) is 5.69 Å². The minimum atomic E-state index is -0.224. The van der Waals surface area contributed by atoms with Gasteiger partial charge in [-0.15, -0.1) is 0 Å². The molecule has 0 saturated heterocycles. The molecule has 0 radical (unpaired) electrons. The molecule has 1 aliphatic carbocycles. The van der Waals surface area contributed by atoms with E-state index in [0.29, 0.717) is 6.61 Å². The van der Waals surface area contributed by atoms with Crippen LogP contribution in [0, 0.1) is 0 Å². The van der Waals surface area contributed by atoms with Gasteiger partial charge in [0.05, 0.1) is 6.61 Å². The molecule has 1 amide bonds. The number of halogens is 1. The van der Waals surface area contributed by atoms with Gasteiger partial charge in [0.2, 0.25) is 5.91 Å². The summed E-state index contributed by atoms with van der Waals surface area (Å²) in [7, 11) is 0. The molecule has 0 spiro atoms. The Morgan fingerprint density at radius 3 is 2.58 bits per heavy atom. The number of nitrogens with one attached hydrogen (secondary N) is 1. The summed E-state index contributed by atoms with van der Waals surface area (Å²) in [4.78, 5) is 11.7. The third-order valence-electron chi connectivity index (χ3n) is 3.35. The van der Waals surface area contributed by atoms with E-state index in [-0.39, 0.29) is 18.1 Å². The summed E-state index contributed by atoms with van der Waals surface area (Å²) < 4.78 is 6.41. The Kier molecular flexibility index (Phi) is 4.96. The first-order valence-corrected chi connectivity index (χ1v) is 7.29. The van der Waals surface area contributed by atoms with E-state index in [1.807, 2.05) is 24.3 Å². The van der Waals surface area contributed by atoms with Crippen molar-refractivity contribution in [2.75, 3.05) is 18.5 Å². The topological polar surface area (TPSA) is 64.3 Å². The molecule has 1 aromatic rings. The highest BCUT2D eigenvalue weighted by Crippen LogP contribution is 2.27. The van der Waals surface area contributed by atoms with Crippen LogP contribution in [0.3, 0.4) is 0 Å². The molecule has 0 aliphatic heterocycles. The fourth-order valence-corrected chi connectivity index (χ4v) is 2.57. The van der Waals surface area contributed by atoms with Crippen molar-refractivity contribution in [3.63, 3.8) is 0 Å². The fourth-order valence-electron chi connectivity index (χ4n) is 2.30. The number of hydrogen-bond acceptors (Lipinski definition) is 3. The highest BCUT2D eigenvalue weighted by molar-refractivity contribution is 9.10. The average molecular weight is 327 g/mol. The number of hydrogen-bond donors (Lipinski definition) is 2. The van der Waals surface area contributed by atoms with Crippen LogP contribution in [0.2, 0.25) is 0 Å². The Balaban J connectivity index is 1.71. The van der Waals surface area contributed by atoms with E-state index < -0.39 is 0 Å². The van der Waals surface area contributed by atoms with Crippen LogP contribution >= 0.6 is 15.9 Å². The standard InChI is InChI=1S/C14H19BrN2O2/c15-11-3-5-12(6-4-11)17-13(18)9-19-10-14(16)7-1-2-8-14/h3-6H,1-2,7-10,16H2,(H,17,18). The van der Waals surface area contributed by atoms with E-state index in [1.165, 1.54) is 0 Å². The smallest absolute Gasteiger partial charge is 0.250 e. The number of nitrogens with two attached hydrogens (primary N) is 1. The SMILES string of the molecule is NC1(COCC(=O)Nc2ccc(Br)cc2)CCCC1. The van der Waals surface area contributed by atoms with Crippen LogP contribution < -0.4 is 11.1 Å². The minimum Gasteiger partial charge on any atom is -0.370 e. The molecule has 1 saturated carbocycles. The lowest BCUT2D eigenvalue weighted by Crippen LogP contribution is -2.42. The van der Waals surface area contributed by atoms with E-state index in [4.69, 9.17) is 10.5 Å². The van der Waals surface area contributed by atoms with Gasteiger partial charge in [0.15, 0.2) is 0 Å². The van der Waals surface area contributed by atoms with Gasteiger partial charge in [-0.3, -0.25) is 4.79 Å². The Bertz CT molecular complexity index is 428. The van der Waals surface area contributed by atoms with Crippen molar-refractivity contribution in [1.82, 2.24) is 0 Å². The highest BCUT2D eigenvalue weighted by Gasteiger charge is 2.29. The van der Waals surface area contributed by atoms with Gasteiger partial charge < -0.3 is 15.8 Å². The maximum atomic E-state index is 11.7. The minimum absolute atomic E-state index is 0.0506. The van der Waals surface area contributed by atoms with E-state index in [9.17, 15) is 4.79 Å². The molecule has 19 heavy (non-hydrogen) atoms. The van der Waals surface area contributed by atoms with Crippen LogP contribution in [0.25, 0.3) is 0 Å². The number of ether oxygens (including phenoxy) is 1. The number of amides is 1. The van der Waals surface area contributed by atoms with Crippen molar-refractivity contribution >= 4 is 27.5 Å². The Morgan fingerprint density at radius 1 is 1.32 bits per heavy atom. The molecule has 3 N–H and O–H groups in total. The van der Waals surface area contributed by atoms with Gasteiger partial charge >= 0.3 is 0 Å². The van der Waals surface area contributed by atoms with Gasteiger partial charge in [-0.05, 0) is 37.1 Å². The molecule has 2 rings (SSSR count). The molecule has 5 heteroatoms. The summed E-state index contributed by atoms with van der Waals surface area (Å²) >= 11 is 3.35. The first kappa shape index (κ1) is 14.5. The fraction of sp³-hybridized carbons (Fsp3) is 0.500. The lowest BCUT2D eigenvalue weighted by atomic mass is 10.0. The van der Waals surface area contributed by atoms with Gasteiger partial charge in [0, 0.05) is 15.7 Å². The summed E-state index contributed by atoms with van der Waals surface area (Å²) in [5.41, 5.74) is 6.69. The van der Waals surface area contributed by atoms with Gasteiger partial charge in [-0.1, -0.05) is 28.8 Å². The molecule has 1 aliphatic rings. The number of rotatable bonds is 5. The van der Waals surface area contributed by atoms with Crippen molar-refractivity contribution in [3.8, 4) is 0 Å². The Hall–Kier alpha value is -0.910. The predicted octanol–water partition coefficient (Wildman–Crippen LogP) is 2.68. The summed E-state index contributed by atoms with van der Waals surface area (Å²) in [6.45, 7) is 0.510. The lowest BCUT2D eigenvalue weighted by Gasteiger charge is -2.22. The van der Waals surface area contributed by atoms with E-state index in [2.05, 4.69) is 21.2 Å². The summed E-state index contributed by atoms with van der Waals surface area (Å²) in [6, 6.07) is 7.43. The molecular formula is C14H19BrN2O2.